The van der Waals surface area contributed by atoms with E-state index in [0.717, 1.165) is 31.4 Å². The third-order valence-corrected chi connectivity index (χ3v) is 4.13. The van der Waals surface area contributed by atoms with E-state index in [1.807, 2.05) is 0 Å². The van der Waals surface area contributed by atoms with Crippen LogP contribution in [-0.4, -0.2) is 5.11 Å². The summed E-state index contributed by atoms with van der Waals surface area (Å²) in [5.74, 6) is 0. The van der Waals surface area contributed by atoms with Crippen LogP contribution in [0.5, 0.6) is 0 Å². The lowest BCUT2D eigenvalue weighted by molar-refractivity contribution is -0.137. The molecule has 0 radical (unpaired) electrons. The van der Waals surface area contributed by atoms with Gasteiger partial charge in [-0.3, -0.25) is 0 Å². The summed E-state index contributed by atoms with van der Waals surface area (Å²) in [6, 6.07) is 3.47. The van der Waals surface area contributed by atoms with Gasteiger partial charge in [0, 0.05) is 4.47 Å². The minimum absolute atomic E-state index is 0.335. The molecular weight excluding hydrogens is 309 g/mol. The lowest BCUT2D eigenvalue weighted by Crippen LogP contribution is -2.29. The van der Waals surface area contributed by atoms with Crippen LogP contribution in [-0.2, 0) is 11.8 Å². The molecule has 1 saturated carbocycles. The molecule has 1 nitrogen and oxygen atoms in total. The van der Waals surface area contributed by atoms with E-state index in [0.29, 0.717) is 22.9 Å². The first-order chi connectivity index (χ1) is 8.33. The minimum Gasteiger partial charge on any atom is -0.385 e. The average Bonchev–Trinajstić information content (AvgIpc) is 2.28. The fourth-order valence-corrected chi connectivity index (χ4v) is 3.22. The summed E-state index contributed by atoms with van der Waals surface area (Å²) in [6.07, 6.45) is -0.251. The maximum atomic E-state index is 12.6. The Balaban J connectivity index is 2.35. The highest BCUT2D eigenvalue weighted by Gasteiger charge is 2.35. The Bertz CT molecular complexity index is 436. The lowest BCUT2D eigenvalue weighted by Gasteiger charge is -2.33. The Morgan fingerprint density at radius 1 is 1.11 bits per heavy atom. The number of benzene rings is 1. The number of aliphatic hydroxyl groups is 1. The van der Waals surface area contributed by atoms with Crippen molar-refractivity contribution in [2.24, 2.45) is 0 Å². The molecule has 18 heavy (non-hydrogen) atoms. The van der Waals surface area contributed by atoms with Gasteiger partial charge in [-0.2, -0.15) is 13.2 Å². The van der Waals surface area contributed by atoms with Crippen molar-refractivity contribution in [2.75, 3.05) is 0 Å². The maximum Gasteiger partial charge on any atom is 0.416 e. The molecule has 0 aromatic heterocycles. The summed E-state index contributed by atoms with van der Waals surface area (Å²) in [6.45, 7) is 0. The molecule has 1 aliphatic rings. The fourth-order valence-electron chi connectivity index (χ4n) is 2.47. The van der Waals surface area contributed by atoms with Gasteiger partial charge in [0.25, 0.3) is 0 Å². The predicted octanol–water partition coefficient (Wildman–Crippen LogP) is 4.62. The van der Waals surface area contributed by atoms with Crippen LogP contribution in [0.25, 0.3) is 0 Å². The van der Waals surface area contributed by atoms with E-state index < -0.39 is 17.3 Å². The molecule has 0 aliphatic heterocycles. The topological polar surface area (TPSA) is 20.2 Å². The van der Waals surface area contributed by atoms with Crippen LogP contribution in [0, 0.1) is 0 Å². The Hall–Kier alpha value is -0.550. The summed E-state index contributed by atoms with van der Waals surface area (Å²) in [5, 5.41) is 10.5. The molecule has 100 valence electrons. The zero-order chi connectivity index (χ0) is 13.4. The van der Waals surface area contributed by atoms with Crippen molar-refractivity contribution in [2.45, 2.75) is 43.9 Å². The second-order valence-electron chi connectivity index (χ2n) is 4.78. The second-order valence-corrected chi connectivity index (χ2v) is 5.64. The zero-order valence-electron chi connectivity index (χ0n) is 9.73. The molecule has 0 amide bonds. The Morgan fingerprint density at radius 3 is 2.22 bits per heavy atom. The van der Waals surface area contributed by atoms with Crippen molar-refractivity contribution in [3.63, 3.8) is 0 Å². The van der Waals surface area contributed by atoms with Crippen molar-refractivity contribution >= 4 is 15.9 Å². The molecule has 1 fully saturated rings. The van der Waals surface area contributed by atoms with Crippen molar-refractivity contribution in [3.8, 4) is 0 Å². The van der Waals surface area contributed by atoms with Gasteiger partial charge in [0.2, 0.25) is 0 Å². The molecule has 1 aliphatic carbocycles. The van der Waals surface area contributed by atoms with Gasteiger partial charge in [-0.15, -0.1) is 0 Å². The van der Waals surface area contributed by atoms with Crippen LogP contribution in [0.3, 0.4) is 0 Å². The van der Waals surface area contributed by atoms with Gasteiger partial charge in [0.05, 0.1) is 11.2 Å². The molecule has 0 atom stereocenters. The molecule has 0 unspecified atom stereocenters. The van der Waals surface area contributed by atoms with Gasteiger partial charge < -0.3 is 5.11 Å². The van der Waals surface area contributed by atoms with Crippen molar-refractivity contribution < 1.29 is 18.3 Å². The van der Waals surface area contributed by atoms with Gasteiger partial charge in [-0.25, -0.2) is 0 Å². The third kappa shape index (κ3) is 2.72. The van der Waals surface area contributed by atoms with Crippen LogP contribution in [0.4, 0.5) is 13.2 Å². The summed E-state index contributed by atoms with van der Waals surface area (Å²) in [7, 11) is 0. The molecule has 0 bridgehead atoms. The summed E-state index contributed by atoms with van der Waals surface area (Å²) in [5.41, 5.74) is -1.12. The van der Waals surface area contributed by atoms with Crippen LogP contribution in [0.1, 0.15) is 43.2 Å². The number of hydrogen-bond donors (Lipinski definition) is 1. The Kier molecular flexibility index (Phi) is 3.74. The van der Waals surface area contributed by atoms with E-state index in [9.17, 15) is 18.3 Å². The third-order valence-electron chi connectivity index (χ3n) is 3.48. The summed E-state index contributed by atoms with van der Waals surface area (Å²) < 4.78 is 38.0. The highest BCUT2D eigenvalue weighted by molar-refractivity contribution is 9.10. The molecule has 2 rings (SSSR count). The highest BCUT2D eigenvalue weighted by atomic mass is 79.9. The quantitative estimate of drug-likeness (QED) is 0.799. The average molecular weight is 323 g/mol. The SMILES string of the molecule is OC1(c2ccc(C(F)(F)F)cc2Br)CCCCC1. The minimum atomic E-state index is -4.35. The van der Waals surface area contributed by atoms with Crippen LogP contribution in [0.2, 0.25) is 0 Å². The summed E-state index contributed by atoms with van der Waals surface area (Å²) >= 11 is 3.15. The smallest absolute Gasteiger partial charge is 0.385 e. The van der Waals surface area contributed by atoms with E-state index in [1.165, 1.54) is 6.07 Å². The molecule has 0 spiro atoms. The number of halogens is 4. The van der Waals surface area contributed by atoms with E-state index in [2.05, 4.69) is 15.9 Å². The normalized spacial score (nSPS) is 19.8. The molecule has 5 heteroatoms. The van der Waals surface area contributed by atoms with Gasteiger partial charge in [0.1, 0.15) is 0 Å². The van der Waals surface area contributed by atoms with E-state index in [4.69, 9.17) is 0 Å². The molecule has 0 saturated heterocycles. The maximum absolute atomic E-state index is 12.6. The monoisotopic (exact) mass is 322 g/mol. The molecule has 0 heterocycles. The fraction of sp³-hybridized carbons (Fsp3) is 0.538. The Morgan fingerprint density at radius 2 is 1.72 bits per heavy atom. The largest absolute Gasteiger partial charge is 0.416 e. The standard InChI is InChI=1S/C13H14BrF3O/c14-11-8-9(13(15,16)17)4-5-10(11)12(18)6-2-1-3-7-12/h4-5,8,18H,1-3,6-7H2. The first-order valence-corrected chi connectivity index (χ1v) is 6.72. The van der Waals surface area contributed by atoms with Crippen molar-refractivity contribution in [1.29, 1.82) is 0 Å². The van der Waals surface area contributed by atoms with E-state index >= 15 is 0 Å². The molecular formula is C13H14BrF3O. The first kappa shape index (κ1) is 13.9. The van der Waals surface area contributed by atoms with Gasteiger partial charge in [-0.1, -0.05) is 41.3 Å². The van der Waals surface area contributed by atoms with Crippen LogP contribution < -0.4 is 0 Å². The van der Waals surface area contributed by atoms with Crippen LogP contribution >= 0.6 is 15.9 Å². The van der Waals surface area contributed by atoms with Gasteiger partial charge >= 0.3 is 6.18 Å². The molecule has 1 aromatic carbocycles. The Labute approximate surface area is 112 Å². The lowest BCUT2D eigenvalue weighted by atomic mass is 9.79. The van der Waals surface area contributed by atoms with E-state index in [-0.39, 0.29) is 0 Å². The second kappa shape index (κ2) is 4.85. The van der Waals surface area contributed by atoms with E-state index in [1.54, 1.807) is 0 Å². The molecule has 1 N–H and O–H groups in total. The van der Waals surface area contributed by atoms with Gasteiger partial charge in [-0.05, 0) is 30.5 Å². The predicted molar refractivity (Wildman–Crippen MR) is 66.1 cm³/mol. The zero-order valence-corrected chi connectivity index (χ0v) is 11.3. The summed E-state index contributed by atoms with van der Waals surface area (Å²) in [4.78, 5) is 0. The molecule has 1 aromatic rings. The highest BCUT2D eigenvalue weighted by Crippen LogP contribution is 2.42. The number of rotatable bonds is 1. The number of hydrogen-bond acceptors (Lipinski definition) is 1. The number of alkyl halides is 3. The van der Waals surface area contributed by atoms with Crippen molar-refractivity contribution in [1.82, 2.24) is 0 Å². The van der Waals surface area contributed by atoms with Crippen LogP contribution in [0.15, 0.2) is 22.7 Å². The van der Waals surface area contributed by atoms with Gasteiger partial charge in [0.15, 0.2) is 0 Å². The first-order valence-electron chi connectivity index (χ1n) is 5.92. The van der Waals surface area contributed by atoms with Crippen molar-refractivity contribution in [3.05, 3.63) is 33.8 Å².